The molecule has 4 heteroatoms. The molecule has 2 rings (SSSR count). The van der Waals surface area contributed by atoms with Gasteiger partial charge in [-0.15, -0.1) is 11.6 Å². The van der Waals surface area contributed by atoms with Gasteiger partial charge in [-0.05, 0) is 46.7 Å². The summed E-state index contributed by atoms with van der Waals surface area (Å²) in [6, 6.07) is 1.99. The highest BCUT2D eigenvalue weighted by Crippen LogP contribution is 2.33. The smallest absolute Gasteiger partial charge is 0.0590 e. The normalized spacial score (nSPS) is 24.6. The van der Waals surface area contributed by atoms with E-state index in [1.54, 1.807) is 6.20 Å². The van der Waals surface area contributed by atoms with Crippen molar-refractivity contribution in [1.29, 1.82) is 0 Å². The average molecular weight is 304 g/mol. The van der Waals surface area contributed by atoms with Crippen molar-refractivity contribution < 1.29 is 0 Å². The number of nitrogens with one attached hydrogen (secondary N) is 1. The van der Waals surface area contributed by atoms with Gasteiger partial charge in [0.25, 0.3) is 0 Å². The molecule has 0 aromatic carbocycles. The van der Waals surface area contributed by atoms with Crippen molar-refractivity contribution in [2.24, 2.45) is 11.8 Å². The molecule has 0 spiro atoms. The van der Waals surface area contributed by atoms with E-state index in [0.717, 1.165) is 28.5 Å². The molecular weight excluding hydrogens is 288 g/mol. The van der Waals surface area contributed by atoms with Crippen LogP contribution in [0.15, 0.2) is 22.9 Å². The summed E-state index contributed by atoms with van der Waals surface area (Å²) in [5.41, 5.74) is 1.12. The molecule has 1 fully saturated rings. The number of aromatic nitrogens is 1. The van der Waals surface area contributed by atoms with Crippen LogP contribution >= 0.6 is 27.5 Å². The number of alkyl halides is 1. The van der Waals surface area contributed by atoms with Crippen LogP contribution in [0.4, 0.5) is 5.69 Å². The van der Waals surface area contributed by atoms with Gasteiger partial charge >= 0.3 is 0 Å². The van der Waals surface area contributed by atoms with Crippen molar-refractivity contribution in [1.82, 2.24) is 4.98 Å². The quantitative estimate of drug-likeness (QED) is 0.853. The number of halogens is 2. The van der Waals surface area contributed by atoms with Gasteiger partial charge in [-0.25, -0.2) is 0 Å². The Bertz CT molecular complexity index is 346. The molecule has 1 aliphatic carbocycles. The Labute approximate surface area is 110 Å². The van der Waals surface area contributed by atoms with Gasteiger partial charge in [0.1, 0.15) is 0 Å². The molecule has 1 aromatic heterocycles. The number of pyridine rings is 1. The summed E-state index contributed by atoms with van der Waals surface area (Å²) >= 11 is 9.46. The summed E-state index contributed by atoms with van der Waals surface area (Å²) in [6.45, 7) is 1.01. The second-order valence-corrected chi connectivity index (χ2v) is 5.50. The molecule has 1 N–H and O–H groups in total. The minimum absolute atomic E-state index is 0.690. The third-order valence-corrected chi connectivity index (χ3v) is 4.37. The zero-order valence-corrected chi connectivity index (χ0v) is 11.5. The predicted molar refractivity (Wildman–Crippen MR) is 72.0 cm³/mol. The summed E-state index contributed by atoms with van der Waals surface area (Å²) in [4.78, 5) is 4.05. The SMILES string of the molecule is ClCC1CCCC1CNc1ccncc1Br. The van der Waals surface area contributed by atoms with Crippen LogP contribution in [0.3, 0.4) is 0 Å². The Morgan fingerprint density at radius 2 is 2.25 bits per heavy atom. The minimum atomic E-state index is 0.690. The van der Waals surface area contributed by atoms with E-state index in [1.807, 2.05) is 12.3 Å². The summed E-state index contributed by atoms with van der Waals surface area (Å²) in [5, 5.41) is 3.47. The lowest BCUT2D eigenvalue weighted by Gasteiger charge is -2.18. The lowest BCUT2D eigenvalue weighted by Crippen LogP contribution is -2.19. The van der Waals surface area contributed by atoms with Gasteiger partial charge in [0.2, 0.25) is 0 Å². The first kappa shape index (κ1) is 12.2. The van der Waals surface area contributed by atoms with Crippen LogP contribution in [0.2, 0.25) is 0 Å². The molecule has 2 nitrogen and oxygen atoms in total. The number of hydrogen-bond donors (Lipinski definition) is 1. The molecule has 0 radical (unpaired) electrons. The third kappa shape index (κ3) is 2.89. The highest BCUT2D eigenvalue weighted by atomic mass is 79.9. The highest BCUT2D eigenvalue weighted by Gasteiger charge is 2.26. The van der Waals surface area contributed by atoms with Gasteiger partial charge in [0, 0.05) is 24.8 Å². The molecule has 1 aliphatic rings. The molecule has 1 aromatic rings. The Morgan fingerprint density at radius 3 is 3.00 bits per heavy atom. The summed E-state index contributed by atoms with van der Waals surface area (Å²) in [7, 11) is 0. The van der Waals surface area contributed by atoms with E-state index in [-0.39, 0.29) is 0 Å². The van der Waals surface area contributed by atoms with Crippen molar-refractivity contribution in [3.63, 3.8) is 0 Å². The van der Waals surface area contributed by atoms with Crippen LogP contribution in [0.1, 0.15) is 19.3 Å². The van der Waals surface area contributed by atoms with E-state index in [4.69, 9.17) is 11.6 Å². The average Bonchev–Trinajstić information content (AvgIpc) is 2.75. The fraction of sp³-hybridized carbons (Fsp3) is 0.583. The maximum Gasteiger partial charge on any atom is 0.0590 e. The lowest BCUT2D eigenvalue weighted by molar-refractivity contribution is 0.444. The van der Waals surface area contributed by atoms with Gasteiger partial charge < -0.3 is 5.32 Å². The van der Waals surface area contributed by atoms with Gasteiger partial charge in [-0.3, -0.25) is 4.98 Å². The van der Waals surface area contributed by atoms with E-state index in [0.29, 0.717) is 5.92 Å². The van der Waals surface area contributed by atoms with Crippen molar-refractivity contribution in [2.45, 2.75) is 19.3 Å². The lowest BCUT2D eigenvalue weighted by atomic mass is 9.98. The van der Waals surface area contributed by atoms with Gasteiger partial charge in [-0.1, -0.05) is 6.42 Å². The van der Waals surface area contributed by atoms with Gasteiger partial charge in [0.05, 0.1) is 10.2 Å². The molecule has 1 saturated carbocycles. The molecule has 0 aliphatic heterocycles. The minimum Gasteiger partial charge on any atom is -0.384 e. The molecule has 0 saturated heterocycles. The van der Waals surface area contributed by atoms with Crippen molar-refractivity contribution in [3.05, 3.63) is 22.9 Å². The zero-order chi connectivity index (χ0) is 11.4. The molecule has 88 valence electrons. The maximum absolute atomic E-state index is 5.97. The fourth-order valence-electron chi connectivity index (χ4n) is 2.35. The van der Waals surface area contributed by atoms with E-state index in [9.17, 15) is 0 Å². The van der Waals surface area contributed by atoms with Gasteiger partial charge in [-0.2, -0.15) is 0 Å². The van der Waals surface area contributed by atoms with E-state index >= 15 is 0 Å². The maximum atomic E-state index is 5.97. The summed E-state index contributed by atoms with van der Waals surface area (Å²) in [6.07, 6.45) is 7.53. The van der Waals surface area contributed by atoms with Crippen LogP contribution in [0.25, 0.3) is 0 Å². The number of anilines is 1. The van der Waals surface area contributed by atoms with Crippen LogP contribution in [0.5, 0.6) is 0 Å². The Hall–Kier alpha value is -0.280. The van der Waals surface area contributed by atoms with Crippen molar-refractivity contribution in [3.8, 4) is 0 Å². The number of nitrogens with zero attached hydrogens (tertiary/aromatic N) is 1. The first-order valence-corrected chi connectivity index (χ1v) is 7.03. The zero-order valence-electron chi connectivity index (χ0n) is 9.13. The highest BCUT2D eigenvalue weighted by molar-refractivity contribution is 9.10. The molecule has 0 amide bonds. The van der Waals surface area contributed by atoms with Crippen LogP contribution < -0.4 is 5.32 Å². The molecule has 0 bridgehead atoms. The number of rotatable bonds is 4. The van der Waals surface area contributed by atoms with Crippen LogP contribution in [0, 0.1) is 11.8 Å². The topological polar surface area (TPSA) is 24.9 Å². The van der Waals surface area contributed by atoms with Crippen molar-refractivity contribution >= 4 is 33.2 Å². The van der Waals surface area contributed by atoms with E-state index < -0.39 is 0 Å². The second kappa shape index (κ2) is 5.87. The standard InChI is InChI=1S/C12H16BrClN2/c13-11-8-15-5-4-12(11)16-7-10-3-1-2-9(10)6-14/h4-5,8-10H,1-3,6-7H2,(H,15,16). The molecular formula is C12H16BrClN2. The molecule has 2 unspecified atom stereocenters. The fourth-order valence-corrected chi connectivity index (χ4v) is 3.14. The third-order valence-electron chi connectivity index (χ3n) is 3.34. The van der Waals surface area contributed by atoms with E-state index in [2.05, 4.69) is 26.2 Å². The first-order valence-electron chi connectivity index (χ1n) is 5.70. The first-order chi connectivity index (χ1) is 7.81. The van der Waals surface area contributed by atoms with E-state index in [1.165, 1.54) is 19.3 Å². The van der Waals surface area contributed by atoms with Crippen molar-refractivity contribution in [2.75, 3.05) is 17.7 Å². The Morgan fingerprint density at radius 1 is 1.44 bits per heavy atom. The number of hydrogen-bond acceptors (Lipinski definition) is 2. The predicted octanol–water partition coefficient (Wildman–Crippen LogP) is 3.91. The summed E-state index contributed by atoms with van der Waals surface area (Å²) < 4.78 is 1.02. The molecule has 1 heterocycles. The Balaban J connectivity index is 1.90. The summed E-state index contributed by atoms with van der Waals surface area (Å²) in [5.74, 6) is 2.21. The largest absolute Gasteiger partial charge is 0.384 e. The molecule has 2 atom stereocenters. The van der Waals surface area contributed by atoms with Crippen LogP contribution in [-0.4, -0.2) is 17.4 Å². The Kier molecular flexibility index (Phi) is 4.47. The second-order valence-electron chi connectivity index (χ2n) is 4.34. The molecule has 16 heavy (non-hydrogen) atoms. The monoisotopic (exact) mass is 302 g/mol. The van der Waals surface area contributed by atoms with Crippen LogP contribution in [-0.2, 0) is 0 Å². The van der Waals surface area contributed by atoms with Gasteiger partial charge in [0.15, 0.2) is 0 Å².